The lowest BCUT2D eigenvalue weighted by Gasteiger charge is -2.35. The van der Waals surface area contributed by atoms with Crippen LogP contribution in [0.4, 0.5) is 5.95 Å². The van der Waals surface area contributed by atoms with Crippen molar-refractivity contribution in [3.8, 4) is 0 Å². The molecule has 72 valence electrons. The molecule has 0 amide bonds. The molecule has 0 spiro atoms. The SMILES string of the molecule is CN(c1ncc(I)n1C)C1CCC1. The molecule has 1 aliphatic rings. The molecule has 0 saturated heterocycles. The first kappa shape index (κ1) is 9.30. The molecule has 13 heavy (non-hydrogen) atoms. The number of imidazole rings is 1. The van der Waals surface area contributed by atoms with Crippen LogP contribution in [0.5, 0.6) is 0 Å². The van der Waals surface area contributed by atoms with Gasteiger partial charge < -0.3 is 9.47 Å². The first-order valence-electron chi connectivity index (χ1n) is 4.60. The van der Waals surface area contributed by atoms with Gasteiger partial charge in [-0.15, -0.1) is 0 Å². The van der Waals surface area contributed by atoms with Gasteiger partial charge in [-0.25, -0.2) is 4.98 Å². The Balaban J connectivity index is 2.18. The van der Waals surface area contributed by atoms with Gasteiger partial charge in [0.2, 0.25) is 5.95 Å². The second-order valence-corrected chi connectivity index (χ2v) is 4.74. The van der Waals surface area contributed by atoms with Crippen molar-refractivity contribution < 1.29 is 0 Å². The third kappa shape index (κ3) is 1.56. The smallest absolute Gasteiger partial charge is 0.206 e. The van der Waals surface area contributed by atoms with Crippen molar-refractivity contribution in [2.45, 2.75) is 25.3 Å². The number of rotatable bonds is 2. The van der Waals surface area contributed by atoms with Crippen LogP contribution in [-0.2, 0) is 7.05 Å². The monoisotopic (exact) mass is 291 g/mol. The van der Waals surface area contributed by atoms with E-state index in [-0.39, 0.29) is 0 Å². The summed E-state index contributed by atoms with van der Waals surface area (Å²) in [7, 11) is 4.21. The van der Waals surface area contributed by atoms with Crippen LogP contribution in [0.1, 0.15) is 19.3 Å². The fourth-order valence-electron chi connectivity index (χ4n) is 1.64. The normalized spacial score (nSPS) is 17.2. The first-order valence-corrected chi connectivity index (χ1v) is 5.68. The van der Waals surface area contributed by atoms with Crippen molar-refractivity contribution in [2.75, 3.05) is 11.9 Å². The highest BCUT2D eigenvalue weighted by Crippen LogP contribution is 2.27. The highest BCUT2D eigenvalue weighted by atomic mass is 127. The largest absolute Gasteiger partial charge is 0.342 e. The second-order valence-electron chi connectivity index (χ2n) is 3.64. The van der Waals surface area contributed by atoms with Gasteiger partial charge in [0, 0.05) is 20.1 Å². The summed E-state index contributed by atoms with van der Waals surface area (Å²) in [6.07, 6.45) is 5.93. The molecule has 1 aromatic heterocycles. The molecule has 2 rings (SSSR count). The van der Waals surface area contributed by atoms with E-state index in [1.54, 1.807) is 0 Å². The average molecular weight is 291 g/mol. The van der Waals surface area contributed by atoms with Crippen LogP contribution in [-0.4, -0.2) is 22.6 Å². The summed E-state index contributed by atoms with van der Waals surface area (Å²) in [5.41, 5.74) is 0. The maximum atomic E-state index is 4.40. The van der Waals surface area contributed by atoms with Gasteiger partial charge in [0.1, 0.15) is 3.70 Å². The molecule has 0 bridgehead atoms. The van der Waals surface area contributed by atoms with Crippen LogP contribution in [0.15, 0.2) is 6.20 Å². The minimum absolute atomic E-state index is 0.719. The van der Waals surface area contributed by atoms with Crippen LogP contribution < -0.4 is 4.90 Å². The Morgan fingerprint density at radius 2 is 2.31 bits per heavy atom. The molecule has 0 radical (unpaired) electrons. The third-order valence-electron chi connectivity index (χ3n) is 2.84. The first-order chi connectivity index (χ1) is 6.20. The van der Waals surface area contributed by atoms with E-state index >= 15 is 0 Å². The van der Waals surface area contributed by atoms with Crippen molar-refractivity contribution >= 4 is 28.5 Å². The highest BCUT2D eigenvalue weighted by Gasteiger charge is 2.24. The van der Waals surface area contributed by atoms with Gasteiger partial charge in [-0.1, -0.05) is 0 Å². The number of anilines is 1. The van der Waals surface area contributed by atoms with E-state index in [1.165, 1.54) is 23.0 Å². The molecule has 0 unspecified atom stereocenters. The average Bonchev–Trinajstić information content (AvgIpc) is 2.29. The van der Waals surface area contributed by atoms with Crippen LogP contribution in [0.2, 0.25) is 0 Å². The van der Waals surface area contributed by atoms with Gasteiger partial charge >= 0.3 is 0 Å². The Labute approximate surface area is 92.3 Å². The van der Waals surface area contributed by atoms with Crippen LogP contribution in [0, 0.1) is 3.70 Å². The third-order valence-corrected chi connectivity index (χ3v) is 3.85. The van der Waals surface area contributed by atoms with Gasteiger partial charge in [-0.2, -0.15) is 0 Å². The van der Waals surface area contributed by atoms with Gasteiger partial charge in [0.15, 0.2) is 0 Å². The Bertz CT molecular complexity index is 304. The Morgan fingerprint density at radius 1 is 1.62 bits per heavy atom. The Kier molecular flexibility index (Phi) is 2.49. The number of halogens is 1. The molecular formula is C9H14IN3. The molecule has 0 aromatic carbocycles. The van der Waals surface area contributed by atoms with E-state index in [4.69, 9.17) is 0 Å². The number of aromatic nitrogens is 2. The maximum Gasteiger partial charge on any atom is 0.206 e. The molecule has 1 aromatic rings. The highest BCUT2D eigenvalue weighted by molar-refractivity contribution is 14.1. The molecule has 3 nitrogen and oxygen atoms in total. The van der Waals surface area contributed by atoms with E-state index < -0.39 is 0 Å². The van der Waals surface area contributed by atoms with E-state index in [2.05, 4.69) is 51.1 Å². The topological polar surface area (TPSA) is 21.1 Å². The van der Waals surface area contributed by atoms with Crippen molar-refractivity contribution in [1.29, 1.82) is 0 Å². The zero-order valence-corrected chi connectivity index (χ0v) is 10.2. The predicted octanol–water partition coefficient (Wildman–Crippen LogP) is 2.01. The Hall–Kier alpha value is -0.260. The summed E-state index contributed by atoms with van der Waals surface area (Å²) in [5.74, 6) is 1.09. The zero-order valence-electron chi connectivity index (χ0n) is 8.00. The minimum atomic E-state index is 0.719. The number of nitrogens with zero attached hydrogens (tertiary/aromatic N) is 3. The van der Waals surface area contributed by atoms with E-state index in [0.29, 0.717) is 0 Å². The van der Waals surface area contributed by atoms with Crippen molar-refractivity contribution in [3.05, 3.63) is 9.90 Å². The summed E-state index contributed by atoms with van der Waals surface area (Å²) in [6.45, 7) is 0. The van der Waals surface area contributed by atoms with E-state index in [1.807, 2.05) is 6.20 Å². The fraction of sp³-hybridized carbons (Fsp3) is 0.667. The van der Waals surface area contributed by atoms with Gasteiger partial charge in [-0.05, 0) is 41.9 Å². The number of hydrogen-bond donors (Lipinski definition) is 0. The lowest BCUT2D eigenvalue weighted by molar-refractivity contribution is 0.395. The Morgan fingerprint density at radius 3 is 2.69 bits per heavy atom. The van der Waals surface area contributed by atoms with Crippen LogP contribution in [0.3, 0.4) is 0 Å². The molecule has 0 aliphatic heterocycles. The number of hydrogen-bond acceptors (Lipinski definition) is 2. The predicted molar refractivity (Wildman–Crippen MR) is 62.0 cm³/mol. The van der Waals surface area contributed by atoms with Crippen molar-refractivity contribution in [1.82, 2.24) is 9.55 Å². The standard InChI is InChI=1S/C9H14IN3/c1-12(7-4-3-5-7)9-11-6-8(10)13(9)2/h6-7H,3-5H2,1-2H3. The maximum absolute atomic E-state index is 4.40. The van der Waals surface area contributed by atoms with Crippen LogP contribution >= 0.6 is 22.6 Å². The summed E-state index contributed by atoms with van der Waals surface area (Å²) < 4.78 is 3.33. The second kappa shape index (κ2) is 3.48. The fourth-order valence-corrected chi connectivity index (χ4v) is 2.00. The quantitative estimate of drug-likeness (QED) is 0.777. The summed E-state index contributed by atoms with van der Waals surface area (Å²) in [5, 5.41) is 0. The molecular weight excluding hydrogens is 277 g/mol. The molecule has 4 heteroatoms. The van der Waals surface area contributed by atoms with Gasteiger partial charge in [-0.3, -0.25) is 0 Å². The summed E-state index contributed by atoms with van der Waals surface area (Å²) in [4.78, 5) is 6.70. The molecule has 0 atom stereocenters. The summed E-state index contributed by atoms with van der Waals surface area (Å²) >= 11 is 2.31. The van der Waals surface area contributed by atoms with E-state index in [0.717, 1.165) is 12.0 Å². The minimum Gasteiger partial charge on any atom is -0.342 e. The van der Waals surface area contributed by atoms with Crippen LogP contribution in [0.25, 0.3) is 0 Å². The molecule has 1 fully saturated rings. The molecule has 1 aliphatic carbocycles. The zero-order chi connectivity index (χ0) is 9.42. The summed E-state index contributed by atoms with van der Waals surface area (Å²) in [6, 6.07) is 0.719. The lowest BCUT2D eigenvalue weighted by Crippen LogP contribution is -2.38. The van der Waals surface area contributed by atoms with E-state index in [9.17, 15) is 0 Å². The van der Waals surface area contributed by atoms with Gasteiger partial charge in [0.25, 0.3) is 0 Å². The molecule has 1 saturated carbocycles. The molecule has 1 heterocycles. The van der Waals surface area contributed by atoms with Crippen molar-refractivity contribution in [3.63, 3.8) is 0 Å². The van der Waals surface area contributed by atoms with Crippen molar-refractivity contribution in [2.24, 2.45) is 7.05 Å². The lowest BCUT2D eigenvalue weighted by atomic mass is 9.92. The molecule has 0 N–H and O–H groups in total. The van der Waals surface area contributed by atoms with Gasteiger partial charge in [0.05, 0.1) is 6.20 Å².